The van der Waals surface area contributed by atoms with E-state index in [0.717, 1.165) is 80.7 Å². The Bertz CT molecular complexity index is 1710. The van der Waals surface area contributed by atoms with Crippen molar-refractivity contribution < 1.29 is 19.1 Å². The van der Waals surface area contributed by atoms with Crippen molar-refractivity contribution in [3.05, 3.63) is 60.0 Å². The number of anilines is 1. The summed E-state index contributed by atoms with van der Waals surface area (Å²) < 4.78 is 13.5. The van der Waals surface area contributed by atoms with Crippen LogP contribution in [0, 0.1) is 24.2 Å². The number of rotatable bonds is 8. The molecular weight excluding hydrogens is 638 g/mol. The quantitative estimate of drug-likeness (QED) is 0.234. The highest BCUT2D eigenvalue weighted by Crippen LogP contribution is 2.58. The molecule has 8 rings (SSSR count). The number of likely N-dealkylation sites (tertiary alicyclic amines) is 1. The first-order chi connectivity index (χ1) is 24.4. The SMILES string of the molecule is COc1ccc(C23CCC(CN(c4cc(-c5cnn(C(C)(C)C)c5)ccn4)C(=O)[C@H]4CC[C@H](OC(=O)N5CC[C@@H](C)C5)CC4)(CC2)CC3)cc1C. The summed E-state index contributed by atoms with van der Waals surface area (Å²) in [7, 11) is 1.74. The molecular formula is C42H57N5O4. The Hall–Kier alpha value is -3.88. The lowest BCUT2D eigenvalue weighted by Gasteiger charge is -2.55. The minimum absolute atomic E-state index is 0.0628. The molecule has 274 valence electrons. The average molecular weight is 696 g/mol. The monoisotopic (exact) mass is 695 g/mol. The van der Waals surface area contributed by atoms with Gasteiger partial charge < -0.3 is 14.4 Å². The second-order valence-electron chi connectivity index (χ2n) is 17.3. The maximum atomic E-state index is 14.7. The van der Waals surface area contributed by atoms with Gasteiger partial charge in [-0.15, -0.1) is 0 Å². The van der Waals surface area contributed by atoms with Crippen LogP contribution >= 0.6 is 0 Å². The van der Waals surface area contributed by atoms with Crippen molar-refractivity contribution in [3.8, 4) is 16.9 Å². The van der Waals surface area contributed by atoms with Gasteiger partial charge in [0.15, 0.2) is 0 Å². The van der Waals surface area contributed by atoms with Crippen LogP contribution in [0.2, 0.25) is 0 Å². The fourth-order valence-corrected chi connectivity index (χ4v) is 9.30. The van der Waals surface area contributed by atoms with Crippen molar-refractivity contribution in [1.29, 1.82) is 0 Å². The van der Waals surface area contributed by atoms with Gasteiger partial charge >= 0.3 is 6.09 Å². The summed E-state index contributed by atoms with van der Waals surface area (Å²) in [5.74, 6) is 2.23. The first-order valence-corrected chi connectivity index (χ1v) is 19.3. The molecule has 5 aliphatic rings. The van der Waals surface area contributed by atoms with E-state index in [4.69, 9.17) is 14.5 Å². The van der Waals surface area contributed by atoms with Crippen molar-refractivity contribution in [1.82, 2.24) is 19.7 Å². The number of benzene rings is 1. The van der Waals surface area contributed by atoms with E-state index in [0.29, 0.717) is 38.1 Å². The highest BCUT2D eigenvalue weighted by Gasteiger charge is 2.51. The van der Waals surface area contributed by atoms with E-state index in [2.05, 4.69) is 70.2 Å². The van der Waals surface area contributed by atoms with Crippen LogP contribution in [0.5, 0.6) is 5.75 Å². The Morgan fingerprint density at radius 3 is 2.29 bits per heavy atom. The molecule has 0 unspecified atom stereocenters. The van der Waals surface area contributed by atoms with Crippen molar-refractivity contribution in [2.45, 2.75) is 122 Å². The highest BCUT2D eigenvalue weighted by atomic mass is 16.6. The lowest BCUT2D eigenvalue weighted by Crippen LogP contribution is -2.52. The molecule has 1 atom stereocenters. The highest BCUT2D eigenvalue weighted by molar-refractivity contribution is 5.95. The van der Waals surface area contributed by atoms with Crippen molar-refractivity contribution in [2.75, 3.05) is 31.6 Å². The molecule has 4 saturated carbocycles. The summed E-state index contributed by atoms with van der Waals surface area (Å²) in [5.41, 5.74) is 4.79. The van der Waals surface area contributed by atoms with Crippen LogP contribution in [-0.2, 0) is 20.5 Å². The third-order valence-electron chi connectivity index (χ3n) is 12.8. The van der Waals surface area contributed by atoms with E-state index in [9.17, 15) is 9.59 Å². The Morgan fingerprint density at radius 2 is 1.69 bits per heavy atom. The van der Waals surface area contributed by atoms with Crippen LogP contribution in [0.1, 0.15) is 109 Å². The molecule has 2 bridgehead atoms. The Morgan fingerprint density at radius 1 is 0.961 bits per heavy atom. The van der Waals surface area contributed by atoms with Gasteiger partial charge in [-0.3, -0.25) is 14.4 Å². The standard InChI is InChI=1S/C42H57N5O4/c1-29-14-22-45(26-29)39(49)51-35-10-7-31(8-11-35)38(48)46(37-24-32(13-21-43-37)33-25-44-47(27-33)40(3,4)5)28-41-15-18-42(19-16-41,20-17-41)34-9-12-36(50-6)30(2)23-34/h9,12-13,21,23-25,27,29,31,35H,7-8,10-11,14-20,22,26,28H2,1-6H3/t29-,31-,35-,41?,42?/m1/s1. The van der Waals surface area contributed by atoms with Crippen LogP contribution < -0.4 is 9.64 Å². The predicted octanol–water partition coefficient (Wildman–Crippen LogP) is 8.68. The number of ether oxygens (including phenoxy) is 2. The van der Waals surface area contributed by atoms with E-state index in [1.807, 2.05) is 32.9 Å². The van der Waals surface area contributed by atoms with Crippen molar-refractivity contribution >= 4 is 17.8 Å². The largest absolute Gasteiger partial charge is 0.496 e. The van der Waals surface area contributed by atoms with Crippen LogP contribution in [0.25, 0.3) is 11.1 Å². The van der Waals surface area contributed by atoms with E-state index >= 15 is 0 Å². The molecule has 9 nitrogen and oxygen atoms in total. The molecule has 0 radical (unpaired) electrons. The molecule has 3 heterocycles. The van der Waals surface area contributed by atoms with Gasteiger partial charge in [0.05, 0.1) is 18.8 Å². The zero-order valence-electron chi connectivity index (χ0n) is 31.6. The third-order valence-corrected chi connectivity index (χ3v) is 12.8. The summed E-state index contributed by atoms with van der Waals surface area (Å²) in [6.45, 7) is 13.0. The number of carbonyl (C=O) groups excluding carboxylic acids is 2. The van der Waals surface area contributed by atoms with Gasteiger partial charge in [-0.1, -0.05) is 19.1 Å². The fourth-order valence-electron chi connectivity index (χ4n) is 9.30. The van der Waals surface area contributed by atoms with Gasteiger partial charge in [0, 0.05) is 43.5 Å². The molecule has 2 aromatic heterocycles. The van der Waals surface area contributed by atoms with E-state index in [1.54, 1.807) is 7.11 Å². The van der Waals surface area contributed by atoms with Crippen molar-refractivity contribution in [3.63, 3.8) is 0 Å². The summed E-state index contributed by atoms with van der Waals surface area (Å²) in [5, 5.41) is 4.64. The number of pyridine rings is 1. The van der Waals surface area contributed by atoms with E-state index in [1.165, 1.54) is 11.1 Å². The number of methoxy groups -OCH3 is 1. The van der Waals surface area contributed by atoms with Gasteiger partial charge in [0.25, 0.3) is 0 Å². The molecule has 0 N–H and O–H groups in total. The Kier molecular flexibility index (Phi) is 9.70. The van der Waals surface area contributed by atoms with Gasteiger partial charge in [0.2, 0.25) is 5.91 Å². The summed E-state index contributed by atoms with van der Waals surface area (Å²) in [6.07, 6.45) is 16.1. The lowest BCUT2D eigenvalue weighted by atomic mass is 9.51. The molecule has 51 heavy (non-hydrogen) atoms. The first kappa shape index (κ1) is 35.5. The molecule has 1 saturated heterocycles. The van der Waals surface area contributed by atoms with Gasteiger partial charge in [-0.25, -0.2) is 9.78 Å². The van der Waals surface area contributed by atoms with Gasteiger partial charge in [-0.05, 0) is 150 Å². The topological polar surface area (TPSA) is 89.8 Å². The Labute approximate surface area is 304 Å². The average Bonchev–Trinajstić information content (AvgIpc) is 3.82. The zero-order chi connectivity index (χ0) is 36.0. The normalized spacial score (nSPS) is 27.7. The maximum Gasteiger partial charge on any atom is 0.410 e. The van der Waals surface area contributed by atoms with Gasteiger partial charge in [0.1, 0.15) is 17.7 Å². The minimum atomic E-state index is -0.193. The van der Waals surface area contributed by atoms with Crippen molar-refractivity contribution in [2.24, 2.45) is 17.3 Å². The maximum absolute atomic E-state index is 14.7. The molecule has 3 aromatic rings. The molecule has 1 aromatic carbocycles. The summed E-state index contributed by atoms with van der Waals surface area (Å²) in [6, 6.07) is 10.8. The van der Waals surface area contributed by atoms with Crippen LogP contribution in [0.4, 0.5) is 10.6 Å². The number of aromatic nitrogens is 3. The van der Waals surface area contributed by atoms with Crippen LogP contribution in [0.15, 0.2) is 48.9 Å². The minimum Gasteiger partial charge on any atom is -0.496 e. The number of aryl methyl sites for hydroxylation is 1. The molecule has 4 aliphatic carbocycles. The van der Waals surface area contributed by atoms with Crippen LogP contribution in [0.3, 0.4) is 0 Å². The van der Waals surface area contributed by atoms with E-state index in [-0.39, 0.29) is 40.4 Å². The molecule has 0 spiro atoms. The predicted molar refractivity (Wildman–Crippen MR) is 200 cm³/mol. The number of fused-ring (bicyclic) bond motifs is 3. The second kappa shape index (κ2) is 13.9. The van der Waals surface area contributed by atoms with E-state index < -0.39 is 0 Å². The number of hydrogen-bond donors (Lipinski definition) is 0. The van der Waals surface area contributed by atoms with Crippen LogP contribution in [-0.4, -0.2) is 64.5 Å². The molecule has 2 amide bonds. The first-order valence-electron chi connectivity index (χ1n) is 19.3. The van der Waals surface area contributed by atoms with Gasteiger partial charge in [-0.2, -0.15) is 5.10 Å². The summed E-state index contributed by atoms with van der Waals surface area (Å²) in [4.78, 5) is 36.3. The number of carbonyl (C=O) groups is 2. The molecule has 9 heteroatoms. The zero-order valence-corrected chi connectivity index (χ0v) is 31.6. The smallest absolute Gasteiger partial charge is 0.410 e. The lowest BCUT2D eigenvalue weighted by molar-refractivity contribution is -0.124. The number of amides is 2. The summed E-state index contributed by atoms with van der Waals surface area (Å²) >= 11 is 0. The Balaban J connectivity index is 1.10. The second-order valence-corrected chi connectivity index (χ2v) is 17.3. The molecule has 1 aliphatic heterocycles. The molecule has 5 fully saturated rings. The third kappa shape index (κ3) is 7.27. The number of hydrogen-bond acceptors (Lipinski definition) is 6. The fraction of sp³-hybridized carbons (Fsp3) is 0.619. The number of nitrogens with zero attached hydrogens (tertiary/aromatic N) is 5.